The van der Waals surface area contributed by atoms with Gasteiger partial charge in [0.15, 0.2) is 0 Å². The summed E-state index contributed by atoms with van der Waals surface area (Å²) >= 11 is 0. The fraction of sp³-hybridized carbons (Fsp3) is 0.185. The van der Waals surface area contributed by atoms with Crippen molar-refractivity contribution in [3.8, 4) is 12.5 Å². The van der Waals surface area contributed by atoms with Crippen LogP contribution in [-0.4, -0.2) is 24.9 Å². The number of fused-ring (bicyclic) bond motifs is 1. The van der Waals surface area contributed by atoms with Crippen molar-refractivity contribution in [1.82, 2.24) is 0 Å². The number of aryl methyl sites for hydroxylation is 1. The van der Waals surface area contributed by atoms with Gasteiger partial charge >= 0.3 is 0 Å². The number of anilines is 3. The second-order valence-electron chi connectivity index (χ2n) is 7.72. The molecule has 0 aliphatic carbocycles. The minimum absolute atomic E-state index is 0.0280. The molecule has 5 nitrogen and oxygen atoms in total. The van der Waals surface area contributed by atoms with Crippen LogP contribution in [0.5, 0.6) is 0 Å². The number of nitrogens with one attached hydrogen (secondary N) is 1. The molecule has 160 valence electrons. The molecule has 0 unspecified atom stereocenters. The van der Waals surface area contributed by atoms with Gasteiger partial charge in [0.1, 0.15) is 6.54 Å². The van der Waals surface area contributed by atoms with Crippen LogP contribution in [0, 0.1) is 12.5 Å². The third kappa shape index (κ3) is 4.81. The van der Waals surface area contributed by atoms with E-state index in [0.29, 0.717) is 17.8 Å². The third-order valence-electron chi connectivity index (χ3n) is 5.55. The van der Waals surface area contributed by atoms with Gasteiger partial charge in [-0.05, 0) is 67.3 Å². The van der Waals surface area contributed by atoms with Gasteiger partial charge in [-0.1, -0.05) is 42.8 Å². The van der Waals surface area contributed by atoms with E-state index >= 15 is 0 Å². The molecule has 3 aromatic carbocycles. The van der Waals surface area contributed by atoms with Crippen LogP contribution in [0.4, 0.5) is 17.1 Å². The predicted molar refractivity (Wildman–Crippen MR) is 129 cm³/mol. The summed E-state index contributed by atoms with van der Waals surface area (Å²) in [5.41, 5.74) is 4.19. The largest absolute Gasteiger partial charge is 0.325 e. The molecular weight excluding hydrogens is 398 g/mol. The maximum Gasteiger partial charge on any atom is 0.258 e. The quantitative estimate of drug-likeness (QED) is 0.478. The highest BCUT2D eigenvalue weighted by atomic mass is 16.2. The van der Waals surface area contributed by atoms with Gasteiger partial charge in [-0.2, -0.15) is 0 Å². The van der Waals surface area contributed by atoms with Gasteiger partial charge in [-0.15, -0.1) is 0 Å². The third-order valence-corrected chi connectivity index (χ3v) is 5.55. The van der Waals surface area contributed by atoms with Crippen molar-refractivity contribution >= 4 is 28.9 Å². The number of rotatable bonds is 5. The van der Waals surface area contributed by atoms with Crippen molar-refractivity contribution < 1.29 is 9.59 Å². The Bertz CT molecular complexity index is 1130. The van der Waals surface area contributed by atoms with Gasteiger partial charge in [0.2, 0.25) is 5.91 Å². The van der Waals surface area contributed by atoms with E-state index in [9.17, 15) is 9.59 Å². The molecule has 0 bridgehead atoms. The van der Waals surface area contributed by atoms with Crippen LogP contribution in [0.1, 0.15) is 28.8 Å². The van der Waals surface area contributed by atoms with Crippen molar-refractivity contribution in [2.75, 3.05) is 28.2 Å². The van der Waals surface area contributed by atoms with E-state index in [0.717, 1.165) is 30.6 Å². The molecule has 1 heterocycles. The van der Waals surface area contributed by atoms with Gasteiger partial charge < -0.3 is 10.2 Å². The van der Waals surface area contributed by atoms with Gasteiger partial charge in [0.25, 0.3) is 5.91 Å². The number of terminal acetylenes is 1. The van der Waals surface area contributed by atoms with Crippen molar-refractivity contribution in [2.24, 2.45) is 0 Å². The first-order valence-corrected chi connectivity index (χ1v) is 10.7. The number of hydrogen-bond donors (Lipinski definition) is 1. The minimum Gasteiger partial charge on any atom is -0.325 e. The van der Waals surface area contributed by atoms with Gasteiger partial charge in [-0.25, -0.2) is 0 Å². The van der Waals surface area contributed by atoms with Crippen molar-refractivity contribution in [3.05, 3.63) is 90.0 Å². The molecule has 0 saturated heterocycles. The summed E-state index contributed by atoms with van der Waals surface area (Å²) in [5.74, 6) is -0.257. The number of para-hydroxylation sites is 2. The molecule has 0 fully saturated rings. The van der Waals surface area contributed by atoms with Crippen LogP contribution in [-0.2, 0) is 11.2 Å². The predicted octanol–water partition coefficient (Wildman–Crippen LogP) is 4.71. The van der Waals surface area contributed by atoms with Gasteiger partial charge in [0.05, 0.1) is 0 Å². The first-order chi connectivity index (χ1) is 15.7. The summed E-state index contributed by atoms with van der Waals surface area (Å²) in [7, 11) is 0. The molecule has 0 atom stereocenters. The standard InChI is InChI=1S/C27H25N3O2/c1-2-29(24-12-4-3-5-13-24)20-26(31)28-23-17-15-22(16-18-23)27(32)30-19-9-8-11-21-10-6-7-14-25(21)30/h1,3-7,10,12-18H,8-9,11,19-20H2,(H,28,31). The molecule has 4 rings (SSSR count). The highest BCUT2D eigenvalue weighted by Crippen LogP contribution is 2.27. The Hall–Kier alpha value is -4.04. The Labute approximate surface area is 188 Å². The maximum atomic E-state index is 13.2. The minimum atomic E-state index is -0.229. The molecule has 2 amide bonds. The van der Waals surface area contributed by atoms with Crippen LogP contribution in [0.15, 0.2) is 78.9 Å². The SMILES string of the molecule is C#CN(CC(=O)Nc1ccc(C(=O)N2CCCCc3ccccc32)cc1)c1ccccc1. The van der Waals surface area contributed by atoms with E-state index in [1.807, 2.05) is 53.4 Å². The van der Waals surface area contributed by atoms with Gasteiger partial charge in [-0.3, -0.25) is 14.5 Å². The lowest BCUT2D eigenvalue weighted by atomic mass is 10.1. The average Bonchev–Trinajstić information content (AvgIpc) is 3.06. The lowest BCUT2D eigenvalue weighted by Gasteiger charge is -2.23. The molecule has 0 aromatic heterocycles. The molecule has 1 aliphatic heterocycles. The summed E-state index contributed by atoms with van der Waals surface area (Å²) in [5, 5.41) is 2.85. The Kier molecular flexibility index (Phi) is 6.52. The molecule has 1 aliphatic rings. The number of carbonyl (C=O) groups excluding carboxylic acids is 2. The van der Waals surface area contributed by atoms with Gasteiger partial charge in [0, 0.05) is 35.2 Å². The highest BCUT2D eigenvalue weighted by Gasteiger charge is 2.22. The number of amides is 2. The zero-order valence-electron chi connectivity index (χ0n) is 17.8. The Morgan fingerprint density at radius 3 is 2.41 bits per heavy atom. The molecule has 5 heteroatoms. The van der Waals surface area contributed by atoms with E-state index in [1.165, 1.54) is 5.56 Å². The van der Waals surface area contributed by atoms with Crippen LogP contribution in [0.3, 0.4) is 0 Å². The van der Waals surface area contributed by atoms with Crippen LogP contribution < -0.4 is 15.1 Å². The monoisotopic (exact) mass is 423 g/mol. The lowest BCUT2D eigenvalue weighted by Crippen LogP contribution is -2.31. The van der Waals surface area contributed by atoms with Crippen LogP contribution >= 0.6 is 0 Å². The van der Waals surface area contributed by atoms with E-state index < -0.39 is 0 Å². The fourth-order valence-electron chi connectivity index (χ4n) is 3.92. The number of hydrogen-bond acceptors (Lipinski definition) is 3. The topological polar surface area (TPSA) is 52.7 Å². The zero-order chi connectivity index (χ0) is 22.3. The first kappa shape index (κ1) is 21.2. The normalized spacial score (nSPS) is 12.8. The van der Waals surface area contributed by atoms with Crippen LogP contribution in [0.25, 0.3) is 0 Å². The Morgan fingerprint density at radius 2 is 1.66 bits per heavy atom. The Balaban J connectivity index is 1.43. The van der Waals surface area contributed by atoms with E-state index in [-0.39, 0.29) is 18.4 Å². The summed E-state index contributed by atoms with van der Waals surface area (Å²) in [6.45, 7) is 0.738. The second-order valence-corrected chi connectivity index (χ2v) is 7.72. The van der Waals surface area contributed by atoms with Crippen molar-refractivity contribution in [1.29, 1.82) is 0 Å². The average molecular weight is 424 g/mol. The summed E-state index contributed by atoms with van der Waals surface area (Å²) < 4.78 is 0. The van der Waals surface area contributed by atoms with E-state index in [1.54, 1.807) is 29.2 Å². The molecule has 0 radical (unpaired) electrons. The summed E-state index contributed by atoms with van der Waals surface area (Å²) in [6, 6.07) is 27.0. The summed E-state index contributed by atoms with van der Waals surface area (Å²) in [4.78, 5) is 29.1. The van der Waals surface area contributed by atoms with Crippen LogP contribution in [0.2, 0.25) is 0 Å². The molecule has 0 spiro atoms. The van der Waals surface area contributed by atoms with E-state index in [2.05, 4.69) is 17.4 Å². The summed E-state index contributed by atoms with van der Waals surface area (Å²) in [6.07, 6.45) is 8.60. The molecule has 3 aromatic rings. The zero-order valence-corrected chi connectivity index (χ0v) is 17.8. The Morgan fingerprint density at radius 1 is 0.938 bits per heavy atom. The fourth-order valence-corrected chi connectivity index (χ4v) is 3.92. The molecule has 0 saturated carbocycles. The number of carbonyl (C=O) groups is 2. The van der Waals surface area contributed by atoms with Crippen molar-refractivity contribution in [2.45, 2.75) is 19.3 Å². The molecular formula is C27H25N3O2. The lowest BCUT2D eigenvalue weighted by molar-refractivity contribution is -0.114. The van der Waals surface area contributed by atoms with E-state index in [4.69, 9.17) is 6.42 Å². The number of benzene rings is 3. The maximum absolute atomic E-state index is 13.2. The highest BCUT2D eigenvalue weighted by molar-refractivity contribution is 6.07. The smallest absolute Gasteiger partial charge is 0.258 e. The molecule has 1 N–H and O–H groups in total. The van der Waals surface area contributed by atoms with Crippen molar-refractivity contribution in [3.63, 3.8) is 0 Å². The molecule has 32 heavy (non-hydrogen) atoms. The number of nitrogens with zero attached hydrogens (tertiary/aromatic N) is 2. The second kappa shape index (κ2) is 9.84. The first-order valence-electron chi connectivity index (χ1n) is 10.7.